The number of benzene rings is 1. The van der Waals surface area contributed by atoms with E-state index in [9.17, 15) is 4.79 Å². The molecule has 1 amide bonds. The molecule has 1 aromatic carbocycles. The molecule has 0 aliphatic heterocycles. The average molecular weight is 476 g/mol. The van der Waals surface area contributed by atoms with Crippen molar-refractivity contribution in [2.45, 2.75) is 52.9 Å². The molecule has 0 fully saturated rings. The van der Waals surface area contributed by atoms with E-state index in [0.29, 0.717) is 18.0 Å². The number of carbonyl (C=O) groups is 1. The minimum absolute atomic E-state index is 0.0600. The normalized spacial score (nSPS) is 11.6. The number of aromatic nitrogens is 3. The maximum absolute atomic E-state index is 12.7. The number of amides is 1. The van der Waals surface area contributed by atoms with Crippen molar-refractivity contribution < 1.29 is 13.9 Å². The van der Waals surface area contributed by atoms with Gasteiger partial charge in [0.05, 0.1) is 12.8 Å². The molecule has 0 spiro atoms. The lowest BCUT2D eigenvalue weighted by Crippen LogP contribution is -2.29. The molecule has 4 rings (SSSR count). The molecule has 8 nitrogen and oxygen atoms in total. The molecule has 0 saturated carbocycles. The zero-order valence-electron chi connectivity index (χ0n) is 21.4. The second-order valence-corrected chi connectivity index (χ2v) is 9.52. The van der Waals surface area contributed by atoms with Crippen LogP contribution in [-0.4, -0.2) is 27.8 Å². The Morgan fingerprint density at radius 1 is 1.17 bits per heavy atom. The van der Waals surface area contributed by atoms with E-state index in [4.69, 9.17) is 9.15 Å². The highest BCUT2D eigenvalue weighted by Crippen LogP contribution is 2.32. The Labute approximate surface area is 205 Å². The Hall–Kier alpha value is -3.81. The lowest BCUT2D eigenvalue weighted by Gasteiger charge is -2.24. The minimum atomic E-state index is -0.384. The SMILES string of the molecule is CCC(C)(C)c1ccc(OC)c(Cc2ccc(C(=O)NNc3cc(C)c4c(C)nn(C)c4n3)o2)c1. The van der Waals surface area contributed by atoms with Crippen molar-refractivity contribution in [2.75, 3.05) is 12.5 Å². The summed E-state index contributed by atoms with van der Waals surface area (Å²) in [5.41, 5.74) is 10.6. The standard InChI is InChI=1S/C27H33N5O3/c1-8-27(4,5)19-9-11-21(34-7)18(14-19)15-20-10-12-22(35-20)26(33)30-29-23-13-16(2)24-17(3)31-32(6)25(24)28-23/h9-14H,8,15H2,1-7H3,(H,28,29)(H,30,33). The summed E-state index contributed by atoms with van der Waals surface area (Å²) in [5.74, 6) is 1.83. The van der Waals surface area contributed by atoms with Gasteiger partial charge in [0, 0.05) is 24.4 Å². The van der Waals surface area contributed by atoms with Crippen molar-refractivity contribution in [3.05, 3.63) is 70.3 Å². The number of aryl methyl sites for hydroxylation is 3. The first-order valence-electron chi connectivity index (χ1n) is 11.8. The predicted molar refractivity (Wildman–Crippen MR) is 137 cm³/mol. The van der Waals surface area contributed by atoms with Crippen molar-refractivity contribution in [1.29, 1.82) is 0 Å². The Balaban J connectivity index is 1.47. The maximum Gasteiger partial charge on any atom is 0.305 e. The first-order chi connectivity index (χ1) is 16.6. The van der Waals surface area contributed by atoms with Gasteiger partial charge in [0.25, 0.3) is 0 Å². The molecule has 0 aliphatic carbocycles. The van der Waals surface area contributed by atoms with Crippen molar-refractivity contribution in [3.8, 4) is 5.75 Å². The molecule has 3 aromatic heterocycles. The van der Waals surface area contributed by atoms with Crippen molar-refractivity contribution in [2.24, 2.45) is 7.05 Å². The van der Waals surface area contributed by atoms with Gasteiger partial charge < -0.3 is 9.15 Å². The number of nitrogens with zero attached hydrogens (tertiary/aromatic N) is 3. The highest BCUT2D eigenvalue weighted by molar-refractivity contribution is 5.92. The van der Waals surface area contributed by atoms with Crippen molar-refractivity contribution in [3.63, 3.8) is 0 Å². The van der Waals surface area contributed by atoms with Crippen LogP contribution in [0.25, 0.3) is 11.0 Å². The zero-order chi connectivity index (χ0) is 25.3. The van der Waals surface area contributed by atoms with Crippen molar-refractivity contribution >= 4 is 22.8 Å². The lowest BCUT2D eigenvalue weighted by molar-refractivity contribution is 0.0933. The molecule has 0 atom stereocenters. The lowest BCUT2D eigenvalue weighted by atomic mass is 9.81. The molecule has 0 bridgehead atoms. The second-order valence-electron chi connectivity index (χ2n) is 9.52. The van der Waals surface area contributed by atoms with E-state index in [-0.39, 0.29) is 17.1 Å². The Bertz CT molecular complexity index is 1380. The van der Waals surface area contributed by atoms with E-state index in [1.165, 1.54) is 5.56 Å². The fraction of sp³-hybridized carbons (Fsp3) is 0.370. The van der Waals surface area contributed by atoms with E-state index in [1.807, 2.05) is 39.1 Å². The number of anilines is 1. The quantitative estimate of drug-likeness (QED) is 0.339. The summed E-state index contributed by atoms with van der Waals surface area (Å²) in [7, 11) is 3.51. The van der Waals surface area contributed by atoms with Gasteiger partial charge in [0.2, 0.25) is 0 Å². The summed E-state index contributed by atoms with van der Waals surface area (Å²) in [6.45, 7) is 10.6. The van der Waals surface area contributed by atoms with Gasteiger partial charge in [-0.15, -0.1) is 0 Å². The molecule has 8 heteroatoms. The molecule has 4 aromatic rings. The van der Waals surface area contributed by atoms with Gasteiger partial charge in [-0.3, -0.25) is 20.3 Å². The summed E-state index contributed by atoms with van der Waals surface area (Å²) in [6.07, 6.45) is 1.55. The number of nitrogens with one attached hydrogen (secondary N) is 2. The molecule has 0 unspecified atom stereocenters. The maximum atomic E-state index is 12.7. The fourth-order valence-corrected chi connectivity index (χ4v) is 4.23. The highest BCUT2D eigenvalue weighted by Gasteiger charge is 2.20. The molecule has 0 aliphatic rings. The third-order valence-corrected chi connectivity index (χ3v) is 6.67. The number of hydrogen-bond donors (Lipinski definition) is 2. The molecular weight excluding hydrogens is 442 g/mol. The van der Waals surface area contributed by atoms with Gasteiger partial charge in [-0.05, 0) is 61.1 Å². The summed E-state index contributed by atoms with van der Waals surface area (Å²) in [4.78, 5) is 17.3. The first-order valence-corrected chi connectivity index (χ1v) is 11.8. The van der Waals surface area contributed by atoms with E-state index in [1.54, 1.807) is 17.9 Å². The number of pyridine rings is 1. The summed E-state index contributed by atoms with van der Waals surface area (Å²) in [6, 6.07) is 11.6. The topological polar surface area (TPSA) is 94.2 Å². The van der Waals surface area contributed by atoms with E-state index in [0.717, 1.165) is 40.0 Å². The number of hydrazine groups is 1. The van der Waals surface area contributed by atoms with Crippen LogP contribution < -0.4 is 15.6 Å². The van der Waals surface area contributed by atoms with Gasteiger partial charge in [-0.25, -0.2) is 4.98 Å². The van der Waals surface area contributed by atoms with Crippen LogP contribution >= 0.6 is 0 Å². The minimum Gasteiger partial charge on any atom is -0.496 e. The average Bonchev–Trinajstić information content (AvgIpc) is 3.41. The van der Waals surface area contributed by atoms with Crippen LogP contribution in [0, 0.1) is 13.8 Å². The van der Waals surface area contributed by atoms with Gasteiger partial charge in [0.1, 0.15) is 17.3 Å². The number of ether oxygens (including phenoxy) is 1. The van der Waals surface area contributed by atoms with Crippen LogP contribution in [0.5, 0.6) is 5.75 Å². The second kappa shape index (κ2) is 9.44. The number of furan rings is 1. The monoisotopic (exact) mass is 475 g/mol. The number of methoxy groups -OCH3 is 1. The van der Waals surface area contributed by atoms with Crippen LogP contribution in [0.3, 0.4) is 0 Å². The molecular formula is C27H33N5O3. The van der Waals surface area contributed by atoms with E-state index < -0.39 is 0 Å². The Kier molecular flexibility index (Phi) is 6.56. The largest absolute Gasteiger partial charge is 0.496 e. The van der Waals surface area contributed by atoms with Crippen LogP contribution in [0.4, 0.5) is 5.82 Å². The van der Waals surface area contributed by atoms with E-state index >= 15 is 0 Å². The summed E-state index contributed by atoms with van der Waals surface area (Å²) in [5, 5.41) is 5.44. The predicted octanol–water partition coefficient (Wildman–Crippen LogP) is 5.22. The van der Waals surface area contributed by atoms with Gasteiger partial charge in [0.15, 0.2) is 11.4 Å². The third kappa shape index (κ3) is 4.87. The summed E-state index contributed by atoms with van der Waals surface area (Å²) >= 11 is 0. The van der Waals surface area contributed by atoms with E-state index in [2.05, 4.69) is 53.8 Å². The molecule has 184 valence electrons. The number of carbonyl (C=O) groups excluding carboxylic acids is 1. The van der Waals surface area contributed by atoms with Gasteiger partial charge in [-0.1, -0.05) is 32.9 Å². The number of rotatable bonds is 8. The molecule has 0 radical (unpaired) electrons. The molecule has 35 heavy (non-hydrogen) atoms. The fourth-order valence-electron chi connectivity index (χ4n) is 4.23. The smallest absolute Gasteiger partial charge is 0.305 e. The summed E-state index contributed by atoms with van der Waals surface area (Å²) < 4.78 is 13.2. The van der Waals surface area contributed by atoms with Gasteiger partial charge in [-0.2, -0.15) is 5.10 Å². The van der Waals surface area contributed by atoms with Gasteiger partial charge >= 0.3 is 5.91 Å². The molecule has 0 saturated heterocycles. The Morgan fingerprint density at radius 2 is 1.94 bits per heavy atom. The molecule has 2 N–H and O–H groups in total. The zero-order valence-corrected chi connectivity index (χ0v) is 21.4. The van der Waals surface area contributed by atoms with Crippen LogP contribution in [-0.2, 0) is 18.9 Å². The Morgan fingerprint density at radius 3 is 2.66 bits per heavy atom. The molecule has 3 heterocycles. The number of fused-ring (bicyclic) bond motifs is 1. The van der Waals surface area contributed by atoms with Crippen LogP contribution in [0.2, 0.25) is 0 Å². The number of hydrogen-bond acceptors (Lipinski definition) is 6. The van der Waals surface area contributed by atoms with Crippen LogP contribution in [0.15, 0.2) is 40.8 Å². The van der Waals surface area contributed by atoms with Crippen LogP contribution in [0.1, 0.15) is 65.9 Å². The highest BCUT2D eigenvalue weighted by atomic mass is 16.5. The van der Waals surface area contributed by atoms with Crippen molar-refractivity contribution in [1.82, 2.24) is 20.2 Å². The third-order valence-electron chi connectivity index (χ3n) is 6.67. The first kappa shape index (κ1) is 24.3.